The summed E-state index contributed by atoms with van der Waals surface area (Å²) in [6.45, 7) is -1.33. The number of carboxylic acid groups (broad SMARTS) is 1. The first kappa shape index (κ1) is 26.0. The number of carbonyl (C=O) groups is 1. The van der Waals surface area contributed by atoms with Crippen LogP contribution < -0.4 is 5.73 Å². The summed E-state index contributed by atoms with van der Waals surface area (Å²) in [5.74, 6) is -1.22. The van der Waals surface area contributed by atoms with Gasteiger partial charge in [0.05, 0.1) is 13.2 Å². The van der Waals surface area contributed by atoms with Gasteiger partial charge in [0.1, 0.15) is 60.3 Å². The smallest absolute Gasteiger partial charge is 0.321 e. The van der Waals surface area contributed by atoms with Gasteiger partial charge in [-0.05, 0) is 0 Å². The summed E-state index contributed by atoms with van der Waals surface area (Å²) >= 11 is 0. The van der Waals surface area contributed by atoms with Crippen LogP contribution in [0.5, 0.6) is 0 Å². The van der Waals surface area contributed by atoms with Crippen molar-refractivity contribution in [1.29, 1.82) is 0 Å². The average molecular weight is 478 g/mol. The maximum absolute atomic E-state index is 10.8. The topological polar surface area (TPSA) is 233 Å². The molecular weight excluding hydrogens is 450 g/mol. The molecule has 0 saturated carbocycles. The van der Waals surface area contributed by atoms with Gasteiger partial charge < -0.3 is 60.8 Å². The summed E-state index contributed by atoms with van der Waals surface area (Å²) in [5, 5.41) is 78.3. The fourth-order valence-corrected chi connectivity index (χ4v) is 5.39. The van der Waals surface area contributed by atoms with Crippen LogP contribution in [0.4, 0.5) is 0 Å². The van der Waals surface area contributed by atoms with Crippen molar-refractivity contribution in [2.75, 3.05) is 19.0 Å². The average Bonchev–Trinajstić information content (AvgIpc) is 2.72. The third-order valence-corrected chi connectivity index (χ3v) is 7.29. The first-order valence-electron chi connectivity index (χ1n) is 8.97. The zero-order chi connectivity index (χ0) is 22.6. The molecule has 2 saturated heterocycles. The molecule has 6 unspecified atom stereocenters. The van der Waals surface area contributed by atoms with Crippen LogP contribution in [0.3, 0.4) is 0 Å². The molecule has 0 spiro atoms. The minimum atomic E-state index is -1.76. The Balaban J connectivity index is 2.07. The summed E-state index contributed by atoms with van der Waals surface area (Å²) in [5.41, 5.74) is 4.33. The quantitative estimate of drug-likeness (QED) is 0.142. The lowest BCUT2D eigenvalue weighted by molar-refractivity contribution is -0.337. The second-order valence-electron chi connectivity index (χ2n) is 6.83. The molecule has 15 heteroatoms. The molecular formula is C15H27NO12S2. The van der Waals surface area contributed by atoms with Crippen LogP contribution in [0, 0.1) is 0 Å². The molecule has 30 heavy (non-hydrogen) atoms. The Morgan fingerprint density at radius 2 is 1.53 bits per heavy atom. The van der Waals surface area contributed by atoms with E-state index in [1.807, 2.05) is 0 Å². The van der Waals surface area contributed by atoms with Crippen LogP contribution in [-0.2, 0) is 19.0 Å². The zero-order valence-electron chi connectivity index (χ0n) is 15.6. The molecule has 10 N–H and O–H groups in total. The second kappa shape index (κ2) is 11.6. The monoisotopic (exact) mass is 477 g/mol. The molecule has 0 aliphatic carbocycles. The fraction of sp³-hybridized carbons (Fsp3) is 0.933. The SMILES string of the molecule is NC(CSS[C@@H]1OC(CO)[C@H](O)C(O[C@H]2OC(CO)[C@H](O)C(O)C2O)[C@@H]1O)C(=O)O. The van der Waals surface area contributed by atoms with E-state index < -0.39 is 85.8 Å². The molecule has 2 aliphatic heterocycles. The number of rotatable bonds is 9. The van der Waals surface area contributed by atoms with Gasteiger partial charge in [0.25, 0.3) is 0 Å². The summed E-state index contributed by atoms with van der Waals surface area (Å²) in [4.78, 5) is 10.8. The lowest BCUT2D eigenvalue weighted by atomic mass is 9.97. The number of aliphatic carboxylic acids is 1. The maximum Gasteiger partial charge on any atom is 0.321 e. The Kier molecular flexibility index (Phi) is 10.0. The zero-order valence-corrected chi connectivity index (χ0v) is 17.2. The predicted molar refractivity (Wildman–Crippen MR) is 102 cm³/mol. The van der Waals surface area contributed by atoms with Gasteiger partial charge in [0.2, 0.25) is 0 Å². The number of hydrogen-bond donors (Lipinski definition) is 9. The van der Waals surface area contributed by atoms with Crippen LogP contribution in [-0.4, -0.2) is 132 Å². The van der Waals surface area contributed by atoms with Gasteiger partial charge in [0.15, 0.2) is 6.29 Å². The third kappa shape index (κ3) is 5.94. The fourth-order valence-electron chi connectivity index (χ4n) is 2.88. The van der Waals surface area contributed by atoms with E-state index in [2.05, 4.69) is 0 Å². The van der Waals surface area contributed by atoms with E-state index in [1.54, 1.807) is 0 Å². The normalized spacial score (nSPS) is 43.3. The molecule has 2 rings (SSSR count). The molecule has 2 heterocycles. The van der Waals surface area contributed by atoms with E-state index in [0.717, 1.165) is 21.6 Å². The Bertz CT molecular complexity index is 560. The highest BCUT2D eigenvalue weighted by Gasteiger charge is 2.50. The van der Waals surface area contributed by atoms with E-state index >= 15 is 0 Å². The van der Waals surface area contributed by atoms with Crippen LogP contribution in [0.15, 0.2) is 0 Å². The van der Waals surface area contributed by atoms with Gasteiger partial charge >= 0.3 is 5.97 Å². The largest absolute Gasteiger partial charge is 0.480 e. The summed E-state index contributed by atoms with van der Waals surface area (Å²) in [6, 6.07) is -1.15. The highest BCUT2D eigenvalue weighted by Crippen LogP contribution is 2.37. The standard InChI is InChI=1S/C15H27NO12S2/c16-4(13(24)25)3-29-30-15-11(23)12(8(20)6(2-18)27-15)28-14-10(22)9(21)7(19)5(1-17)26-14/h4-12,14-15,17-23H,1-3,16H2,(H,24,25)/t4?,5?,6?,7-,8-,9?,10?,11-,12?,14+,15-/m0/s1. The van der Waals surface area contributed by atoms with Crippen molar-refractivity contribution < 1.29 is 59.9 Å². The Morgan fingerprint density at radius 1 is 0.933 bits per heavy atom. The number of carboxylic acids is 1. The first-order chi connectivity index (χ1) is 14.1. The van der Waals surface area contributed by atoms with Gasteiger partial charge in [-0.25, -0.2) is 0 Å². The summed E-state index contributed by atoms with van der Waals surface area (Å²) in [6.07, 6.45) is -13.7. The molecule has 2 aliphatic rings. The lowest BCUT2D eigenvalue weighted by Gasteiger charge is -2.45. The van der Waals surface area contributed by atoms with Crippen LogP contribution in [0.1, 0.15) is 0 Å². The lowest BCUT2D eigenvalue weighted by Crippen LogP contribution is -2.64. The Labute approximate surface area is 179 Å². The predicted octanol–water partition coefficient (Wildman–Crippen LogP) is -4.60. The van der Waals surface area contributed by atoms with Crippen molar-refractivity contribution in [3.05, 3.63) is 0 Å². The Hall–Kier alpha value is -0.270. The number of ether oxygens (including phenoxy) is 3. The minimum absolute atomic E-state index is 0.0167. The molecule has 0 aromatic rings. The van der Waals surface area contributed by atoms with Crippen molar-refractivity contribution in [1.82, 2.24) is 0 Å². The van der Waals surface area contributed by atoms with Crippen molar-refractivity contribution in [3.8, 4) is 0 Å². The number of aliphatic hydroxyl groups is 7. The minimum Gasteiger partial charge on any atom is -0.480 e. The molecule has 0 radical (unpaired) electrons. The highest BCUT2D eigenvalue weighted by molar-refractivity contribution is 8.76. The molecule has 176 valence electrons. The molecule has 0 aromatic heterocycles. The van der Waals surface area contributed by atoms with Crippen LogP contribution in [0.25, 0.3) is 0 Å². The highest BCUT2D eigenvalue weighted by atomic mass is 33.1. The van der Waals surface area contributed by atoms with E-state index in [4.69, 9.17) is 25.1 Å². The first-order valence-corrected chi connectivity index (χ1v) is 11.4. The van der Waals surface area contributed by atoms with E-state index in [1.165, 1.54) is 0 Å². The van der Waals surface area contributed by atoms with Gasteiger partial charge in [-0.15, -0.1) is 0 Å². The van der Waals surface area contributed by atoms with Crippen molar-refractivity contribution in [2.45, 2.75) is 66.6 Å². The van der Waals surface area contributed by atoms with E-state index in [-0.39, 0.29) is 5.75 Å². The van der Waals surface area contributed by atoms with Crippen molar-refractivity contribution in [2.24, 2.45) is 5.73 Å². The van der Waals surface area contributed by atoms with E-state index in [9.17, 15) is 40.5 Å². The van der Waals surface area contributed by atoms with E-state index in [0.29, 0.717) is 0 Å². The van der Waals surface area contributed by atoms with Gasteiger partial charge in [-0.2, -0.15) is 0 Å². The molecule has 0 amide bonds. The number of aliphatic hydroxyl groups excluding tert-OH is 7. The van der Waals surface area contributed by atoms with Crippen LogP contribution in [0.2, 0.25) is 0 Å². The van der Waals surface area contributed by atoms with Gasteiger partial charge in [-0.3, -0.25) is 4.79 Å². The van der Waals surface area contributed by atoms with Gasteiger partial charge in [0, 0.05) is 5.75 Å². The summed E-state index contributed by atoms with van der Waals surface area (Å²) < 4.78 is 16.1. The molecule has 2 fully saturated rings. The molecule has 11 atom stereocenters. The van der Waals surface area contributed by atoms with Gasteiger partial charge in [-0.1, -0.05) is 21.6 Å². The van der Waals surface area contributed by atoms with Crippen molar-refractivity contribution in [3.63, 3.8) is 0 Å². The number of hydrogen-bond acceptors (Lipinski definition) is 14. The van der Waals surface area contributed by atoms with Crippen LogP contribution >= 0.6 is 21.6 Å². The third-order valence-electron chi connectivity index (χ3n) is 4.69. The molecule has 13 nitrogen and oxygen atoms in total. The molecule has 0 aromatic carbocycles. The Morgan fingerprint density at radius 3 is 2.10 bits per heavy atom. The maximum atomic E-state index is 10.8. The summed E-state index contributed by atoms with van der Waals surface area (Å²) in [7, 11) is 1.90. The molecule has 0 bridgehead atoms. The van der Waals surface area contributed by atoms with Crippen molar-refractivity contribution >= 4 is 27.6 Å². The number of nitrogens with two attached hydrogens (primary N) is 1. The second-order valence-corrected chi connectivity index (χ2v) is 9.34.